The first-order valence-electron chi connectivity index (χ1n) is 10.5. The van der Waals surface area contributed by atoms with Crippen molar-refractivity contribution in [3.05, 3.63) is 114 Å². The fourth-order valence-corrected chi connectivity index (χ4v) is 3.63. The number of carbonyl (C=O) groups excluding carboxylic acids is 1. The largest absolute Gasteiger partial charge is 0.370 e. The monoisotopic (exact) mass is 419 g/mol. The van der Waals surface area contributed by atoms with Crippen LogP contribution in [-0.2, 0) is 6.42 Å². The van der Waals surface area contributed by atoms with Gasteiger partial charge in [0.05, 0.1) is 17.5 Å². The summed E-state index contributed by atoms with van der Waals surface area (Å²) in [6.07, 6.45) is 6.04. The zero-order valence-electron chi connectivity index (χ0n) is 17.3. The minimum Gasteiger partial charge on any atom is -0.370 e. The van der Waals surface area contributed by atoms with E-state index < -0.39 is 0 Å². The molecule has 0 unspecified atom stereocenters. The van der Waals surface area contributed by atoms with Crippen LogP contribution in [0.2, 0.25) is 0 Å². The lowest BCUT2D eigenvalue weighted by molar-refractivity contribution is 0.104. The van der Waals surface area contributed by atoms with E-state index in [9.17, 15) is 4.79 Å². The lowest BCUT2D eigenvalue weighted by Crippen LogP contribution is -2.11. The lowest BCUT2D eigenvalue weighted by atomic mass is 10.1. The van der Waals surface area contributed by atoms with Gasteiger partial charge in [-0.2, -0.15) is 9.61 Å². The first-order chi connectivity index (χ1) is 15.8. The summed E-state index contributed by atoms with van der Waals surface area (Å²) in [5.41, 5.74) is 4.52. The van der Waals surface area contributed by atoms with Crippen LogP contribution in [0.15, 0.2) is 97.5 Å². The molecule has 0 bridgehead atoms. The van der Waals surface area contributed by atoms with Gasteiger partial charge in [0.15, 0.2) is 11.4 Å². The maximum atomic E-state index is 13.2. The fraction of sp³-hybridized carbons (Fsp3) is 0.0769. The number of anilines is 1. The number of nitrogens with one attached hydrogen (secondary N) is 1. The molecule has 5 aromatic rings. The molecule has 0 fully saturated rings. The Hall–Kier alpha value is -4.32. The second-order valence-electron chi connectivity index (χ2n) is 7.42. The van der Waals surface area contributed by atoms with E-state index in [1.807, 2.05) is 66.9 Å². The smallest absolute Gasteiger partial charge is 0.198 e. The molecule has 0 amide bonds. The first-order valence-corrected chi connectivity index (χ1v) is 10.5. The Kier molecular flexibility index (Phi) is 5.41. The molecule has 0 radical (unpaired) electrons. The number of pyridine rings is 1. The van der Waals surface area contributed by atoms with Crippen LogP contribution in [0.25, 0.3) is 16.9 Å². The summed E-state index contributed by atoms with van der Waals surface area (Å²) in [7, 11) is 0. The summed E-state index contributed by atoms with van der Waals surface area (Å²) in [5.74, 6) is 0.685. The second kappa shape index (κ2) is 8.81. The topological polar surface area (TPSA) is 72.2 Å². The predicted octanol–water partition coefficient (Wildman–Crippen LogP) is 4.68. The molecule has 0 aliphatic carbocycles. The third-order valence-electron chi connectivity index (χ3n) is 5.26. The molecule has 2 aromatic carbocycles. The van der Waals surface area contributed by atoms with Crippen molar-refractivity contribution in [3.63, 3.8) is 0 Å². The predicted molar refractivity (Wildman–Crippen MR) is 125 cm³/mol. The normalized spacial score (nSPS) is 10.9. The maximum Gasteiger partial charge on any atom is 0.198 e. The summed E-state index contributed by atoms with van der Waals surface area (Å²) in [5, 5.41) is 7.94. The number of rotatable bonds is 7. The van der Waals surface area contributed by atoms with E-state index in [4.69, 9.17) is 4.98 Å². The minimum absolute atomic E-state index is 0.0976. The highest BCUT2D eigenvalue weighted by atomic mass is 16.1. The van der Waals surface area contributed by atoms with Gasteiger partial charge in [0.2, 0.25) is 0 Å². The van der Waals surface area contributed by atoms with Crippen molar-refractivity contribution in [1.82, 2.24) is 19.6 Å². The number of ketones is 1. The molecule has 0 aliphatic heterocycles. The van der Waals surface area contributed by atoms with Crippen LogP contribution in [0, 0.1) is 0 Å². The summed E-state index contributed by atoms with van der Waals surface area (Å²) in [6, 6.07) is 25.1. The molecular formula is C26H21N5O. The van der Waals surface area contributed by atoms with Crippen LogP contribution in [0.3, 0.4) is 0 Å². The Bertz CT molecular complexity index is 1350. The van der Waals surface area contributed by atoms with Gasteiger partial charge in [0.25, 0.3) is 0 Å². The first kappa shape index (κ1) is 19.6. The van der Waals surface area contributed by atoms with Gasteiger partial charge in [-0.25, -0.2) is 4.98 Å². The molecule has 0 saturated carbocycles. The van der Waals surface area contributed by atoms with Gasteiger partial charge in [-0.3, -0.25) is 9.78 Å². The van der Waals surface area contributed by atoms with Crippen molar-refractivity contribution < 1.29 is 4.79 Å². The van der Waals surface area contributed by atoms with Crippen LogP contribution >= 0.6 is 0 Å². The van der Waals surface area contributed by atoms with E-state index in [1.165, 1.54) is 0 Å². The third kappa shape index (κ3) is 3.98. The molecule has 156 valence electrons. The minimum atomic E-state index is -0.0976. The number of hydrogen-bond acceptors (Lipinski definition) is 5. The summed E-state index contributed by atoms with van der Waals surface area (Å²) in [6.45, 7) is 0.695. The molecule has 0 saturated heterocycles. The third-order valence-corrected chi connectivity index (χ3v) is 5.26. The lowest BCUT2D eigenvalue weighted by Gasteiger charge is -2.11. The van der Waals surface area contributed by atoms with E-state index in [0.717, 1.165) is 29.1 Å². The average Bonchev–Trinajstić information content (AvgIpc) is 3.29. The quantitative estimate of drug-likeness (QED) is 0.388. The van der Waals surface area contributed by atoms with Gasteiger partial charge in [0, 0.05) is 36.1 Å². The van der Waals surface area contributed by atoms with Crippen LogP contribution < -0.4 is 5.32 Å². The Morgan fingerprint density at radius 3 is 2.44 bits per heavy atom. The molecule has 3 aromatic heterocycles. The number of carbonyl (C=O) groups is 1. The molecule has 0 spiro atoms. The zero-order valence-corrected chi connectivity index (χ0v) is 17.3. The van der Waals surface area contributed by atoms with Gasteiger partial charge in [-0.1, -0.05) is 66.7 Å². The molecule has 32 heavy (non-hydrogen) atoms. The number of hydrogen-bond donors (Lipinski definition) is 1. The highest BCUT2D eigenvalue weighted by Gasteiger charge is 2.19. The summed E-state index contributed by atoms with van der Waals surface area (Å²) < 4.78 is 1.70. The van der Waals surface area contributed by atoms with Crippen molar-refractivity contribution in [3.8, 4) is 11.3 Å². The van der Waals surface area contributed by atoms with Crippen LogP contribution in [0.4, 0.5) is 5.82 Å². The molecule has 3 heterocycles. The maximum absolute atomic E-state index is 13.2. The van der Waals surface area contributed by atoms with Gasteiger partial charge in [0.1, 0.15) is 5.82 Å². The van der Waals surface area contributed by atoms with Gasteiger partial charge in [-0.15, -0.1) is 0 Å². The van der Waals surface area contributed by atoms with Gasteiger partial charge < -0.3 is 5.32 Å². The highest BCUT2D eigenvalue weighted by molar-refractivity contribution is 6.12. The number of fused-ring (bicyclic) bond motifs is 1. The van der Waals surface area contributed by atoms with Gasteiger partial charge in [-0.05, 0) is 18.1 Å². The van der Waals surface area contributed by atoms with Crippen LogP contribution in [0.5, 0.6) is 0 Å². The van der Waals surface area contributed by atoms with Crippen molar-refractivity contribution >= 4 is 17.2 Å². The number of nitrogens with zero attached hydrogens (tertiary/aromatic N) is 4. The molecule has 0 atom stereocenters. The average molecular weight is 419 g/mol. The van der Waals surface area contributed by atoms with Crippen molar-refractivity contribution in [2.24, 2.45) is 0 Å². The summed E-state index contributed by atoms with van der Waals surface area (Å²) >= 11 is 0. The SMILES string of the molecule is O=C(c1ccccc1)c1cnn2c(NCCc3cccnc3)cc(-c3ccccc3)nc12. The van der Waals surface area contributed by atoms with E-state index in [0.29, 0.717) is 23.3 Å². The number of benzene rings is 2. The van der Waals surface area contributed by atoms with Crippen LogP contribution in [0.1, 0.15) is 21.5 Å². The van der Waals surface area contributed by atoms with E-state index >= 15 is 0 Å². The Morgan fingerprint density at radius 1 is 0.906 bits per heavy atom. The van der Waals surface area contributed by atoms with Crippen LogP contribution in [-0.4, -0.2) is 31.9 Å². The zero-order chi connectivity index (χ0) is 21.8. The molecule has 5 rings (SSSR count). The van der Waals surface area contributed by atoms with E-state index in [2.05, 4.69) is 21.5 Å². The van der Waals surface area contributed by atoms with Crippen molar-refractivity contribution in [2.75, 3.05) is 11.9 Å². The molecule has 1 N–H and O–H groups in total. The van der Waals surface area contributed by atoms with Gasteiger partial charge >= 0.3 is 0 Å². The van der Waals surface area contributed by atoms with Crippen molar-refractivity contribution in [2.45, 2.75) is 6.42 Å². The Balaban J connectivity index is 1.54. The van der Waals surface area contributed by atoms with E-state index in [1.54, 1.807) is 29.0 Å². The van der Waals surface area contributed by atoms with E-state index in [-0.39, 0.29) is 5.78 Å². The van der Waals surface area contributed by atoms with Crippen molar-refractivity contribution in [1.29, 1.82) is 0 Å². The fourth-order valence-electron chi connectivity index (χ4n) is 3.63. The Labute approximate surface area is 185 Å². The molecule has 6 heteroatoms. The molecule has 6 nitrogen and oxygen atoms in total. The second-order valence-corrected chi connectivity index (χ2v) is 7.42. The summed E-state index contributed by atoms with van der Waals surface area (Å²) in [4.78, 5) is 22.1. The highest BCUT2D eigenvalue weighted by Crippen LogP contribution is 2.25. The number of aromatic nitrogens is 4. The standard InChI is InChI=1S/C26H21N5O/c32-25(21-11-5-2-6-12-21)22-18-29-31-24(28-15-13-19-8-7-14-27-17-19)16-23(30-26(22)31)20-9-3-1-4-10-20/h1-12,14,16-18,28H,13,15H2. The molecular weight excluding hydrogens is 398 g/mol. The Morgan fingerprint density at radius 2 is 1.69 bits per heavy atom. The molecule has 0 aliphatic rings.